The van der Waals surface area contributed by atoms with E-state index in [0.717, 1.165) is 19.3 Å². The molecule has 0 aromatic rings. The van der Waals surface area contributed by atoms with Crippen LogP contribution in [0.25, 0.3) is 0 Å². The summed E-state index contributed by atoms with van der Waals surface area (Å²) in [7, 11) is 1.39. The molecule has 1 atom stereocenters. The average molecular weight is 141 g/mol. The van der Waals surface area contributed by atoms with Gasteiger partial charge in [0.15, 0.2) is 0 Å². The topological polar surface area (TPSA) is 52.3 Å². The van der Waals surface area contributed by atoms with E-state index in [-0.39, 0.29) is 11.4 Å². The first-order valence-corrected chi connectivity index (χ1v) is 3.52. The van der Waals surface area contributed by atoms with Crippen LogP contribution in [0.2, 0.25) is 0 Å². The Morgan fingerprint density at radius 1 is 1.60 bits per heavy atom. The van der Waals surface area contributed by atoms with Crippen LogP contribution in [0.3, 0.4) is 0 Å². The summed E-state index contributed by atoms with van der Waals surface area (Å²) >= 11 is 0. The Labute approximate surface area is 59.5 Å². The predicted molar refractivity (Wildman–Crippen MR) is 35.2 cm³/mol. The van der Waals surface area contributed by atoms with Crippen molar-refractivity contribution < 1.29 is 9.53 Å². The molecule has 3 nitrogen and oxygen atoms in total. The largest absolute Gasteiger partial charge is 0.468 e. The predicted octanol–water partition coefficient (Wildman–Crippen LogP) is 0.0408. The van der Waals surface area contributed by atoms with Crippen LogP contribution in [-0.2, 0) is 9.53 Å². The molecule has 0 radical (unpaired) electrons. The fourth-order valence-electron chi connectivity index (χ4n) is 1.73. The maximum atomic E-state index is 11.0. The van der Waals surface area contributed by atoms with Crippen molar-refractivity contribution in [1.82, 2.24) is 0 Å². The van der Waals surface area contributed by atoms with E-state index >= 15 is 0 Å². The highest BCUT2D eigenvalue weighted by Gasteiger charge is 2.76. The first kappa shape index (κ1) is 6.16. The minimum absolute atomic E-state index is 0.181. The molecule has 0 saturated heterocycles. The zero-order valence-corrected chi connectivity index (χ0v) is 6.02. The Morgan fingerprint density at radius 3 is 2.50 bits per heavy atom. The molecule has 0 bridgehead atoms. The van der Waals surface area contributed by atoms with Gasteiger partial charge in [0, 0.05) is 5.41 Å². The highest BCUT2D eigenvalue weighted by Crippen LogP contribution is 2.71. The van der Waals surface area contributed by atoms with E-state index in [2.05, 4.69) is 4.74 Å². The number of carbonyl (C=O) groups excluding carboxylic acids is 1. The van der Waals surface area contributed by atoms with Crippen molar-refractivity contribution in [1.29, 1.82) is 0 Å². The summed E-state index contributed by atoms with van der Waals surface area (Å²) in [5.41, 5.74) is 5.35. The minimum atomic E-state index is -0.595. The second-order valence-electron chi connectivity index (χ2n) is 3.42. The lowest BCUT2D eigenvalue weighted by Crippen LogP contribution is -2.36. The van der Waals surface area contributed by atoms with E-state index in [4.69, 9.17) is 5.73 Å². The van der Waals surface area contributed by atoms with Gasteiger partial charge in [-0.2, -0.15) is 0 Å². The number of hydrogen-bond acceptors (Lipinski definition) is 3. The van der Waals surface area contributed by atoms with Gasteiger partial charge >= 0.3 is 5.97 Å². The molecule has 1 unspecified atom stereocenters. The van der Waals surface area contributed by atoms with E-state index in [9.17, 15) is 4.79 Å². The average Bonchev–Trinajstić information content (AvgIpc) is 2.77. The molecule has 0 aromatic heterocycles. The molecule has 0 aliphatic heterocycles. The quantitative estimate of drug-likeness (QED) is 0.524. The van der Waals surface area contributed by atoms with Crippen LogP contribution >= 0.6 is 0 Å². The molecule has 2 aliphatic carbocycles. The summed E-state index contributed by atoms with van der Waals surface area (Å²) in [5, 5.41) is 0. The molecular weight excluding hydrogens is 130 g/mol. The first-order chi connectivity index (χ1) is 4.65. The minimum Gasteiger partial charge on any atom is -0.468 e. The summed E-state index contributed by atoms with van der Waals surface area (Å²) in [5.74, 6) is -0.231. The van der Waals surface area contributed by atoms with Crippen LogP contribution in [0, 0.1) is 5.41 Å². The Morgan fingerprint density at radius 2 is 2.20 bits per heavy atom. The summed E-state index contributed by atoms with van der Waals surface area (Å²) < 4.78 is 4.59. The van der Waals surface area contributed by atoms with Crippen LogP contribution in [0.15, 0.2) is 0 Å². The van der Waals surface area contributed by atoms with Crippen LogP contribution in [0.1, 0.15) is 19.3 Å². The molecular formula is C7H11NO2. The van der Waals surface area contributed by atoms with Crippen molar-refractivity contribution in [2.45, 2.75) is 24.8 Å². The third-order valence-electron chi connectivity index (χ3n) is 2.84. The molecule has 0 aromatic carbocycles. The van der Waals surface area contributed by atoms with Gasteiger partial charge in [-0.3, -0.25) is 4.79 Å². The van der Waals surface area contributed by atoms with Gasteiger partial charge in [-0.05, 0) is 19.3 Å². The molecule has 0 heterocycles. The molecule has 2 rings (SSSR count). The second-order valence-corrected chi connectivity index (χ2v) is 3.42. The fourth-order valence-corrected chi connectivity index (χ4v) is 1.73. The Bertz CT molecular complexity index is 198. The molecule has 2 saturated carbocycles. The van der Waals surface area contributed by atoms with Crippen molar-refractivity contribution in [3.8, 4) is 0 Å². The zero-order chi connectivity index (χ0) is 7.41. The zero-order valence-electron chi connectivity index (χ0n) is 6.02. The standard InChI is InChI=1S/C7H11NO2/c1-10-5(9)7(8)4-6(7)2-3-6/h2-4,8H2,1H3. The number of ether oxygens (including phenoxy) is 1. The number of methoxy groups -OCH3 is 1. The van der Waals surface area contributed by atoms with E-state index in [1.54, 1.807) is 0 Å². The van der Waals surface area contributed by atoms with Gasteiger partial charge < -0.3 is 10.5 Å². The number of nitrogens with two attached hydrogens (primary N) is 1. The maximum Gasteiger partial charge on any atom is 0.326 e. The summed E-state index contributed by atoms with van der Waals surface area (Å²) in [4.78, 5) is 11.0. The number of rotatable bonds is 1. The SMILES string of the molecule is COC(=O)C1(N)CC12CC2. The Balaban J connectivity index is 2.12. The van der Waals surface area contributed by atoms with Crippen molar-refractivity contribution >= 4 is 5.97 Å². The van der Waals surface area contributed by atoms with Crippen LogP contribution < -0.4 is 5.73 Å². The fraction of sp³-hybridized carbons (Fsp3) is 0.857. The third kappa shape index (κ3) is 0.475. The van der Waals surface area contributed by atoms with Crippen LogP contribution in [0.5, 0.6) is 0 Å². The normalized spacial score (nSPS) is 39.4. The number of hydrogen-bond donors (Lipinski definition) is 1. The van der Waals surface area contributed by atoms with Crippen molar-refractivity contribution in [2.75, 3.05) is 7.11 Å². The molecule has 0 amide bonds. The Kier molecular flexibility index (Phi) is 0.844. The van der Waals surface area contributed by atoms with Crippen molar-refractivity contribution in [3.05, 3.63) is 0 Å². The van der Waals surface area contributed by atoms with Gasteiger partial charge in [0.25, 0.3) is 0 Å². The Hall–Kier alpha value is -0.570. The lowest BCUT2D eigenvalue weighted by Gasteiger charge is -2.06. The van der Waals surface area contributed by atoms with E-state index < -0.39 is 5.54 Å². The van der Waals surface area contributed by atoms with E-state index in [1.807, 2.05) is 0 Å². The lowest BCUT2D eigenvalue weighted by molar-refractivity contribution is -0.143. The first-order valence-electron chi connectivity index (χ1n) is 3.52. The van der Waals surface area contributed by atoms with E-state index in [1.165, 1.54) is 7.11 Å². The molecule has 3 heteroatoms. The molecule has 2 N–H and O–H groups in total. The highest BCUT2D eigenvalue weighted by atomic mass is 16.5. The second kappa shape index (κ2) is 1.37. The molecule has 10 heavy (non-hydrogen) atoms. The van der Waals surface area contributed by atoms with E-state index in [0.29, 0.717) is 0 Å². The van der Waals surface area contributed by atoms with Gasteiger partial charge in [-0.25, -0.2) is 0 Å². The molecule has 56 valence electrons. The van der Waals surface area contributed by atoms with Gasteiger partial charge in [-0.1, -0.05) is 0 Å². The van der Waals surface area contributed by atoms with Crippen LogP contribution in [0.4, 0.5) is 0 Å². The number of carbonyl (C=O) groups is 1. The van der Waals surface area contributed by atoms with Gasteiger partial charge in [-0.15, -0.1) is 0 Å². The van der Waals surface area contributed by atoms with Crippen LogP contribution in [-0.4, -0.2) is 18.6 Å². The van der Waals surface area contributed by atoms with Gasteiger partial charge in [0.2, 0.25) is 0 Å². The van der Waals surface area contributed by atoms with Gasteiger partial charge in [0.1, 0.15) is 5.54 Å². The summed E-state index contributed by atoms with van der Waals surface area (Å²) in [6.07, 6.45) is 3.06. The third-order valence-corrected chi connectivity index (χ3v) is 2.84. The van der Waals surface area contributed by atoms with Crippen molar-refractivity contribution in [3.63, 3.8) is 0 Å². The maximum absolute atomic E-state index is 11.0. The van der Waals surface area contributed by atoms with Crippen molar-refractivity contribution in [2.24, 2.45) is 11.1 Å². The highest BCUT2D eigenvalue weighted by molar-refractivity contribution is 5.87. The summed E-state index contributed by atoms with van der Waals surface area (Å²) in [6.45, 7) is 0. The molecule has 2 aliphatic rings. The van der Waals surface area contributed by atoms with Gasteiger partial charge in [0.05, 0.1) is 7.11 Å². The lowest BCUT2D eigenvalue weighted by atomic mass is 10.2. The summed E-state index contributed by atoms with van der Waals surface area (Å²) in [6, 6.07) is 0. The molecule has 2 fully saturated rings. The molecule has 1 spiro atoms. The smallest absolute Gasteiger partial charge is 0.326 e. The number of esters is 1. The monoisotopic (exact) mass is 141 g/mol.